The van der Waals surface area contributed by atoms with E-state index < -0.39 is 98.2 Å². The maximum atomic E-state index is 14.4. The molecule has 3 N–H and O–H groups in total. The fourth-order valence-corrected chi connectivity index (χ4v) is 4.58. The highest BCUT2D eigenvalue weighted by molar-refractivity contribution is 14.2. The Bertz CT molecular complexity index is 1330. The van der Waals surface area contributed by atoms with Crippen LogP contribution in [0, 0.1) is 21.0 Å². The van der Waals surface area contributed by atoms with Gasteiger partial charge in [-0.15, -0.1) is 0 Å². The molecule has 0 fully saturated rings. The van der Waals surface area contributed by atoms with Crippen LogP contribution < -0.4 is 20.9 Å². The summed E-state index contributed by atoms with van der Waals surface area (Å²) < 4.78 is 51.5. The zero-order valence-electron chi connectivity index (χ0n) is 21.1. The van der Waals surface area contributed by atoms with Crippen LogP contribution in [0.4, 0.5) is 18.9 Å². The Morgan fingerprint density at radius 1 is 1.18 bits per heavy atom. The molecule has 0 aliphatic carbocycles. The van der Waals surface area contributed by atoms with Crippen LogP contribution in [0.2, 0.25) is 0 Å². The highest BCUT2D eigenvalue weighted by atomic mass is 127. The van der Waals surface area contributed by atoms with Gasteiger partial charge in [-0.25, -0.2) is 8.78 Å². The zero-order valence-corrected chi connectivity index (χ0v) is 23.2. The molecule has 0 bridgehead atoms. The first-order chi connectivity index (χ1) is 18.4. The van der Waals surface area contributed by atoms with Crippen LogP contribution >= 0.6 is 20.7 Å². The van der Waals surface area contributed by atoms with E-state index in [-0.39, 0.29) is 22.1 Å². The molecule has 0 aliphatic heterocycles. The Morgan fingerprint density at radius 2 is 1.87 bits per heavy atom. The minimum atomic E-state index is -1.70. The van der Waals surface area contributed by atoms with Gasteiger partial charge in [0.1, 0.15) is 24.4 Å². The fourth-order valence-electron chi connectivity index (χ4n) is 3.51. The summed E-state index contributed by atoms with van der Waals surface area (Å²) in [7, 11) is 0. The van der Waals surface area contributed by atoms with Crippen LogP contribution in [0.15, 0.2) is 29.2 Å². The number of carbonyl (C=O) groups excluding carboxylic acids is 3. The van der Waals surface area contributed by atoms with Crippen molar-refractivity contribution in [1.29, 1.82) is 0 Å². The van der Waals surface area contributed by atoms with Gasteiger partial charge in [0.25, 0.3) is 5.56 Å². The molecular weight excluding hydrogens is 638 g/mol. The summed E-state index contributed by atoms with van der Waals surface area (Å²) in [6.45, 7) is 2.26. The molecule has 0 spiro atoms. The van der Waals surface area contributed by atoms with Crippen molar-refractivity contribution in [1.82, 2.24) is 9.88 Å². The number of anilines is 1. The van der Waals surface area contributed by atoms with Gasteiger partial charge >= 0.3 is 5.97 Å². The zero-order chi connectivity index (χ0) is 29.3. The number of carboxylic acid groups (broad SMARTS) is 1. The Balaban J connectivity index is 2.26. The van der Waals surface area contributed by atoms with E-state index in [2.05, 4.69) is 15.1 Å². The van der Waals surface area contributed by atoms with Crippen molar-refractivity contribution in [2.45, 2.75) is 51.6 Å². The number of rotatable bonds is 14. The predicted molar refractivity (Wildman–Crippen MR) is 144 cm³/mol. The molecule has 0 radical (unpaired) electrons. The molecule has 212 valence electrons. The Kier molecular flexibility index (Phi) is 11.8. The van der Waals surface area contributed by atoms with Crippen LogP contribution in [0.3, 0.4) is 0 Å². The summed E-state index contributed by atoms with van der Waals surface area (Å²) >= 11 is -1.25. The van der Waals surface area contributed by atoms with E-state index in [4.69, 9.17) is 4.74 Å². The van der Waals surface area contributed by atoms with Gasteiger partial charge in [-0.1, -0.05) is 39.1 Å². The number of ketones is 1. The van der Waals surface area contributed by atoms with E-state index in [0.717, 1.165) is 4.57 Å². The molecule has 2 rings (SSSR count). The van der Waals surface area contributed by atoms with Crippen molar-refractivity contribution in [2.75, 3.05) is 11.9 Å². The molecule has 0 unspecified atom stereocenters. The van der Waals surface area contributed by atoms with Gasteiger partial charge < -0.3 is 25.0 Å². The monoisotopic (exact) mass is 665 g/mol. The number of aromatic nitrogens is 1. The number of pyridine rings is 1. The SMILES string of the molecule is C=Ic1cc(F)c(F)c(OCC(=O)[C@H](CC(=O)O)NC(=O)[C@H](CC)n2cccc(NC(=O)CCC)c2=O)c1F. The molecule has 39 heavy (non-hydrogen) atoms. The molecule has 2 amide bonds. The highest BCUT2D eigenvalue weighted by Crippen LogP contribution is 2.29. The maximum absolute atomic E-state index is 14.4. The van der Waals surface area contributed by atoms with Gasteiger partial charge in [0.05, 0.1) is 6.42 Å². The second-order valence-corrected chi connectivity index (χ2v) is 10.1. The minimum absolute atomic E-state index is 0.0409. The van der Waals surface area contributed by atoms with Crippen molar-refractivity contribution in [3.05, 3.63) is 55.8 Å². The summed E-state index contributed by atoms with van der Waals surface area (Å²) in [5, 5.41) is 13.9. The number of nitrogens with one attached hydrogen (secondary N) is 2. The molecule has 0 aliphatic rings. The number of carboxylic acids is 1. The molecule has 1 aromatic carbocycles. The predicted octanol–water partition coefficient (Wildman–Crippen LogP) is 3.14. The fraction of sp³-hybridized carbons (Fsp3) is 0.360. The lowest BCUT2D eigenvalue weighted by Gasteiger charge is -2.22. The van der Waals surface area contributed by atoms with Crippen LogP contribution in [0.25, 0.3) is 0 Å². The average Bonchev–Trinajstić information content (AvgIpc) is 2.88. The second-order valence-electron chi connectivity index (χ2n) is 8.20. The number of ether oxygens (including phenoxy) is 1. The van der Waals surface area contributed by atoms with E-state index in [0.29, 0.717) is 12.5 Å². The standard InChI is InChI=1S/C25H27F3IN3O7/c1-4-7-19(34)30-15-8-6-9-32(25(15)38)17(5-2)24(37)31-16(11-20(35)36)18(33)12-39-23-21(27)13(26)10-14(29-3)22(23)28/h6,8-10,16-17H,3-5,7,11-12H2,1-2H3,(H,30,34)(H,31,37)(H,35,36)/t16-,17-/m0/s1. The lowest BCUT2D eigenvalue weighted by atomic mass is 10.1. The molecule has 2 atom stereocenters. The normalized spacial score (nSPS) is 12.3. The van der Waals surface area contributed by atoms with Gasteiger partial charge in [0, 0.05) is 16.2 Å². The van der Waals surface area contributed by atoms with Gasteiger partial charge in [-0.05, 0) is 31.0 Å². The Labute approximate surface area is 231 Å². The summed E-state index contributed by atoms with van der Waals surface area (Å²) in [5.41, 5.74) is -0.772. The molecule has 0 saturated heterocycles. The lowest BCUT2D eigenvalue weighted by Crippen LogP contribution is -2.48. The molecular formula is C25H27F3IN3O7. The Hall–Kier alpha value is -3.56. The van der Waals surface area contributed by atoms with Crippen molar-refractivity contribution in [2.24, 2.45) is 0 Å². The van der Waals surface area contributed by atoms with E-state index >= 15 is 0 Å². The number of Topliss-reactive ketones (excluding diaryl/α,β-unsaturated/α-hetero) is 1. The summed E-state index contributed by atoms with van der Waals surface area (Å²) in [4.78, 5) is 62.0. The number of carbonyl (C=O) groups is 4. The molecule has 1 aromatic heterocycles. The van der Waals surface area contributed by atoms with Crippen LogP contribution in [0.5, 0.6) is 5.75 Å². The third kappa shape index (κ3) is 8.21. The van der Waals surface area contributed by atoms with Crippen molar-refractivity contribution < 1.29 is 42.2 Å². The van der Waals surface area contributed by atoms with Crippen molar-refractivity contribution in [3.63, 3.8) is 0 Å². The van der Waals surface area contributed by atoms with Gasteiger partial charge in [0.15, 0.2) is 23.2 Å². The highest BCUT2D eigenvalue weighted by Gasteiger charge is 2.29. The van der Waals surface area contributed by atoms with Crippen molar-refractivity contribution >= 4 is 54.5 Å². The van der Waals surface area contributed by atoms with Crippen LogP contribution in [-0.2, 0) is 19.2 Å². The number of hydrogen-bond donors (Lipinski definition) is 3. The number of aliphatic carboxylic acids is 1. The molecule has 0 saturated carbocycles. The Morgan fingerprint density at radius 3 is 2.46 bits per heavy atom. The second kappa shape index (κ2) is 14.6. The average molecular weight is 665 g/mol. The third-order valence-electron chi connectivity index (χ3n) is 5.41. The maximum Gasteiger partial charge on any atom is 0.305 e. The van der Waals surface area contributed by atoms with Crippen LogP contribution in [-0.4, -0.2) is 50.4 Å². The summed E-state index contributed by atoms with van der Waals surface area (Å²) in [5.74, 6) is -9.29. The largest absolute Gasteiger partial charge is 0.481 e. The number of benzene rings is 1. The molecule has 14 heteroatoms. The van der Waals surface area contributed by atoms with Crippen molar-refractivity contribution in [3.8, 4) is 5.75 Å². The molecule has 1 heterocycles. The van der Waals surface area contributed by atoms with E-state index in [9.17, 15) is 42.3 Å². The van der Waals surface area contributed by atoms with Gasteiger partial charge in [-0.3, -0.25) is 24.0 Å². The first-order valence-electron chi connectivity index (χ1n) is 11.7. The van der Waals surface area contributed by atoms with E-state index in [1.807, 2.05) is 0 Å². The first-order valence-corrected chi connectivity index (χ1v) is 14.3. The number of nitrogens with zero attached hydrogens (tertiary/aromatic N) is 1. The molecule has 10 nitrogen and oxygen atoms in total. The van der Waals surface area contributed by atoms with Gasteiger partial charge in [0.2, 0.25) is 17.6 Å². The molecule has 2 aromatic rings. The smallest absolute Gasteiger partial charge is 0.305 e. The number of hydrogen-bond acceptors (Lipinski definition) is 6. The summed E-state index contributed by atoms with van der Waals surface area (Å²) in [6, 6.07) is 0.526. The van der Waals surface area contributed by atoms with Crippen LogP contribution in [0.1, 0.15) is 45.6 Å². The van der Waals surface area contributed by atoms with E-state index in [1.165, 1.54) is 18.3 Å². The number of amides is 2. The minimum Gasteiger partial charge on any atom is -0.481 e. The van der Waals surface area contributed by atoms with Gasteiger partial charge in [-0.2, -0.15) is 4.39 Å². The van der Waals surface area contributed by atoms with E-state index in [1.54, 1.807) is 13.8 Å². The lowest BCUT2D eigenvalue weighted by molar-refractivity contribution is -0.140. The number of halogens is 4. The third-order valence-corrected chi connectivity index (χ3v) is 7.02. The topological polar surface area (TPSA) is 144 Å². The summed E-state index contributed by atoms with van der Waals surface area (Å²) in [6.07, 6.45) is 1.15. The quantitative estimate of drug-likeness (QED) is 0.208. The first kappa shape index (κ1) is 31.7.